The highest BCUT2D eigenvalue weighted by Crippen LogP contribution is 2.17. The Bertz CT molecular complexity index is 172. The van der Waals surface area contributed by atoms with Gasteiger partial charge in [0.05, 0.1) is 0 Å². The SMILES string of the molecule is CC[C@H](CCCCN1CCSCC1)CCOC. The first kappa shape index (κ1) is 15.3. The van der Waals surface area contributed by atoms with Crippen LogP contribution < -0.4 is 0 Å². The zero-order valence-corrected chi connectivity index (χ0v) is 12.4. The van der Waals surface area contributed by atoms with E-state index in [2.05, 4.69) is 23.6 Å². The van der Waals surface area contributed by atoms with Gasteiger partial charge in [0.2, 0.25) is 0 Å². The first-order valence-electron chi connectivity index (χ1n) is 7.15. The molecular formula is C14H29NOS. The Labute approximate surface area is 111 Å². The average molecular weight is 259 g/mol. The maximum atomic E-state index is 5.17. The van der Waals surface area contributed by atoms with Crippen molar-refractivity contribution in [2.75, 3.05) is 44.9 Å². The predicted octanol–water partition coefficient (Wildman–Crippen LogP) is 3.27. The van der Waals surface area contributed by atoms with Crippen LogP contribution in [-0.4, -0.2) is 49.8 Å². The number of rotatable bonds is 9. The van der Waals surface area contributed by atoms with Gasteiger partial charge in [-0.25, -0.2) is 0 Å². The van der Waals surface area contributed by atoms with E-state index < -0.39 is 0 Å². The van der Waals surface area contributed by atoms with Crippen LogP contribution in [0.25, 0.3) is 0 Å². The van der Waals surface area contributed by atoms with Crippen molar-refractivity contribution >= 4 is 11.8 Å². The van der Waals surface area contributed by atoms with E-state index in [1.54, 1.807) is 7.11 Å². The van der Waals surface area contributed by atoms with Crippen molar-refractivity contribution < 1.29 is 4.74 Å². The van der Waals surface area contributed by atoms with E-state index in [1.165, 1.54) is 63.2 Å². The van der Waals surface area contributed by atoms with Gasteiger partial charge in [0.1, 0.15) is 0 Å². The Morgan fingerprint density at radius 2 is 1.94 bits per heavy atom. The molecule has 102 valence electrons. The second-order valence-electron chi connectivity index (χ2n) is 5.01. The minimum atomic E-state index is 0.881. The smallest absolute Gasteiger partial charge is 0.0464 e. The van der Waals surface area contributed by atoms with Gasteiger partial charge in [0.25, 0.3) is 0 Å². The third-order valence-electron chi connectivity index (χ3n) is 3.75. The van der Waals surface area contributed by atoms with Crippen LogP contribution >= 0.6 is 11.8 Å². The Kier molecular flexibility index (Phi) is 9.21. The first-order valence-corrected chi connectivity index (χ1v) is 8.31. The summed E-state index contributed by atoms with van der Waals surface area (Å²) in [6.07, 6.45) is 6.72. The minimum Gasteiger partial charge on any atom is -0.385 e. The molecule has 1 aliphatic heterocycles. The molecular weight excluding hydrogens is 230 g/mol. The van der Waals surface area contributed by atoms with Crippen LogP contribution in [0.3, 0.4) is 0 Å². The second-order valence-corrected chi connectivity index (χ2v) is 6.23. The summed E-state index contributed by atoms with van der Waals surface area (Å²) in [6.45, 7) is 7.18. The van der Waals surface area contributed by atoms with E-state index in [0.29, 0.717) is 0 Å². The van der Waals surface area contributed by atoms with E-state index in [4.69, 9.17) is 4.74 Å². The lowest BCUT2D eigenvalue weighted by atomic mass is 9.96. The Morgan fingerprint density at radius 1 is 1.18 bits per heavy atom. The molecule has 0 aromatic rings. The van der Waals surface area contributed by atoms with Crippen LogP contribution in [0.1, 0.15) is 39.0 Å². The summed E-state index contributed by atoms with van der Waals surface area (Å²) in [5.41, 5.74) is 0. The van der Waals surface area contributed by atoms with Gasteiger partial charge in [-0.2, -0.15) is 11.8 Å². The van der Waals surface area contributed by atoms with Crippen molar-refractivity contribution in [2.45, 2.75) is 39.0 Å². The van der Waals surface area contributed by atoms with Crippen molar-refractivity contribution in [1.82, 2.24) is 4.90 Å². The van der Waals surface area contributed by atoms with Crippen molar-refractivity contribution in [1.29, 1.82) is 0 Å². The fourth-order valence-corrected chi connectivity index (χ4v) is 3.41. The monoisotopic (exact) mass is 259 g/mol. The molecule has 2 nitrogen and oxygen atoms in total. The van der Waals surface area contributed by atoms with Gasteiger partial charge >= 0.3 is 0 Å². The van der Waals surface area contributed by atoms with E-state index in [1.807, 2.05) is 0 Å². The minimum absolute atomic E-state index is 0.881. The molecule has 1 aliphatic rings. The summed E-state index contributed by atoms with van der Waals surface area (Å²) < 4.78 is 5.17. The number of thioether (sulfide) groups is 1. The molecule has 0 bridgehead atoms. The lowest BCUT2D eigenvalue weighted by Crippen LogP contribution is -2.33. The number of nitrogens with zero attached hydrogens (tertiary/aromatic N) is 1. The molecule has 1 fully saturated rings. The highest BCUT2D eigenvalue weighted by Gasteiger charge is 2.10. The standard InChI is InChI=1S/C14H29NOS/c1-3-14(7-11-16-2)6-4-5-8-15-9-12-17-13-10-15/h14H,3-13H2,1-2H3/t14-/m1/s1. The molecule has 0 aromatic carbocycles. The molecule has 0 aliphatic carbocycles. The van der Waals surface area contributed by atoms with Crippen molar-refractivity contribution in [2.24, 2.45) is 5.92 Å². The number of unbranched alkanes of at least 4 members (excludes halogenated alkanes) is 1. The lowest BCUT2D eigenvalue weighted by Gasteiger charge is -2.26. The molecule has 1 heterocycles. The molecule has 1 saturated heterocycles. The molecule has 0 saturated carbocycles. The average Bonchev–Trinajstić information content (AvgIpc) is 2.39. The van der Waals surface area contributed by atoms with Crippen LogP contribution in [0.2, 0.25) is 0 Å². The molecule has 0 spiro atoms. The number of hydrogen-bond acceptors (Lipinski definition) is 3. The molecule has 0 unspecified atom stereocenters. The third-order valence-corrected chi connectivity index (χ3v) is 4.69. The zero-order valence-electron chi connectivity index (χ0n) is 11.6. The summed E-state index contributed by atoms with van der Waals surface area (Å²) in [7, 11) is 1.81. The predicted molar refractivity (Wildman–Crippen MR) is 77.9 cm³/mol. The van der Waals surface area contributed by atoms with Crippen molar-refractivity contribution in [3.63, 3.8) is 0 Å². The molecule has 3 heteroatoms. The molecule has 1 rings (SSSR count). The van der Waals surface area contributed by atoms with E-state index in [9.17, 15) is 0 Å². The summed E-state index contributed by atoms with van der Waals surface area (Å²) in [5.74, 6) is 3.56. The Hall–Kier alpha value is 0.270. The second kappa shape index (κ2) is 10.2. The van der Waals surface area contributed by atoms with Gasteiger partial charge in [-0.3, -0.25) is 0 Å². The fourth-order valence-electron chi connectivity index (χ4n) is 2.43. The summed E-state index contributed by atoms with van der Waals surface area (Å²) in [6, 6.07) is 0. The number of hydrogen-bond donors (Lipinski definition) is 0. The zero-order chi connectivity index (χ0) is 12.3. The normalized spacial score (nSPS) is 19.4. The Morgan fingerprint density at radius 3 is 2.59 bits per heavy atom. The topological polar surface area (TPSA) is 12.5 Å². The molecule has 0 aromatic heterocycles. The number of methoxy groups -OCH3 is 1. The van der Waals surface area contributed by atoms with Crippen LogP contribution in [0.15, 0.2) is 0 Å². The van der Waals surface area contributed by atoms with Gasteiger partial charge in [-0.15, -0.1) is 0 Å². The van der Waals surface area contributed by atoms with Crippen molar-refractivity contribution in [3.05, 3.63) is 0 Å². The van der Waals surface area contributed by atoms with Gasteiger partial charge < -0.3 is 9.64 Å². The fraction of sp³-hybridized carbons (Fsp3) is 1.00. The van der Waals surface area contributed by atoms with Crippen LogP contribution in [0, 0.1) is 5.92 Å². The van der Waals surface area contributed by atoms with Gasteiger partial charge in [0, 0.05) is 38.3 Å². The molecule has 0 amide bonds. The summed E-state index contributed by atoms with van der Waals surface area (Å²) >= 11 is 2.10. The van der Waals surface area contributed by atoms with Gasteiger partial charge in [-0.1, -0.05) is 26.2 Å². The molecule has 1 atom stereocenters. The van der Waals surface area contributed by atoms with Crippen molar-refractivity contribution in [3.8, 4) is 0 Å². The van der Waals surface area contributed by atoms with Crippen LogP contribution in [-0.2, 0) is 4.74 Å². The maximum Gasteiger partial charge on any atom is 0.0464 e. The van der Waals surface area contributed by atoms with Gasteiger partial charge in [0.15, 0.2) is 0 Å². The largest absolute Gasteiger partial charge is 0.385 e. The quantitative estimate of drug-likeness (QED) is 0.590. The summed E-state index contributed by atoms with van der Waals surface area (Å²) in [5, 5.41) is 0. The Balaban J connectivity index is 1.97. The molecule has 17 heavy (non-hydrogen) atoms. The first-order chi connectivity index (χ1) is 8.36. The lowest BCUT2D eigenvalue weighted by molar-refractivity contribution is 0.172. The van der Waals surface area contributed by atoms with E-state index >= 15 is 0 Å². The highest BCUT2D eigenvalue weighted by molar-refractivity contribution is 7.99. The molecule has 0 N–H and O–H groups in total. The number of ether oxygens (including phenoxy) is 1. The third kappa shape index (κ3) is 7.32. The summed E-state index contributed by atoms with van der Waals surface area (Å²) in [4.78, 5) is 2.63. The van der Waals surface area contributed by atoms with E-state index in [0.717, 1.165) is 12.5 Å². The van der Waals surface area contributed by atoms with Crippen LogP contribution in [0.4, 0.5) is 0 Å². The maximum absolute atomic E-state index is 5.17. The van der Waals surface area contributed by atoms with Crippen LogP contribution in [0.5, 0.6) is 0 Å². The van der Waals surface area contributed by atoms with E-state index in [-0.39, 0.29) is 0 Å². The molecule has 0 radical (unpaired) electrons. The van der Waals surface area contributed by atoms with Gasteiger partial charge in [-0.05, 0) is 25.3 Å². The highest BCUT2D eigenvalue weighted by atomic mass is 32.2.